The lowest BCUT2D eigenvalue weighted by Crippen LogP contribution is -2.24. The number of methoxy groups -OCH3 is 1. The molecule has 0 N–H and O–H groups in total. The highest BCUT2D eigenvalue weighted by molar-refractivity contribution is 5.79. The molecule has 31 heavy (non-hydrogen) atoms. The molecule has 4 nitrogen and oxygen atoms in total. The van der Waals surface area contributed by atoms with Crippen LogP contribution < -0.4 is 9.47 Å². The van der Waals surface area contributed by atoms with Crippen molar-refractivity contribution in [2.24, 2.45) is 0 Å². The van der Waals surface area contributed by atoms with Gasteiger partial charge in [-0.3, -0.25) is 4.79 Å². The SMILES string of the molecule is COc1ccc([C@H]2CC(=O)N(Cc3ccc(C(C)(C)C)cc3)C2)cc1OC1CCCC1. The van der Waals surface area contributed by atoms with Gasteiger partial charge >= 0.3 is 0 Å². The van der Waals surface area contributed by atoms with E-state index < -0.39 is 0 Å². The average Bonchev–Trinajstić information content (AvgIpc) is 3.38. The van der Waals surface area contributed by atoms with Crippen LogP contribution in [0.15, 0.2) is 42.5 Å². The predicted octanol–water partition coefficient (Wildman–Crippen LogP) is 5.83. The minimum atomic E-state index is 0.139. The van der Waals surface area contributed by atoms with E-state index in [4.69, 9.17) is 9.47 Å². The van der Waals surface area contributed by atoms with E-state index in [0.717, 1.165) is 36.4 Å². The third kappa shape index (κ3) is 5.06. The van der Waals surface area contributed by atoms with Gasteiger partial charge in [0.2, 0.25) is 5.91 Å². The molecule has 1 heterocycles. The van der Waals surface area contributed by atoms with Gasteiger partial charge in [-0.25, -0.2) is 0 Å². The molecule has 1 saturated heterocycles. The highest BCUT2D eigenvalue weighted by Gasteiger charge is 2.31. The fraction of sp³-hybridized carbons (Fsp3) is 0.519. The van der Waals surface area contributed by atoms with Gasteiger partial charge < -0.3 is 14.4 Å². The van der Waals surface area contributed by atoms with E-state index in [-0.39, 0.29) is 23.3 Å². The first-order chi connectivity index (χ1) is 14.8. The van der Waals surface area contributed by atoms with Crippen molar-refractivity contribution >= 4 is 5.91 Å². The molecule has 166 valence electrons. The first-order valence-electron chi connectivity index (χ1n) is 11.6. The highest BCUT2D eigenvalue weighted by atomic mass is 16.5. The quantitative estimate of drug-likeness (QED) is 0.589. The van der Waals surface area contributed by atoms with Crippen molar-refractivity contribution in [3.8, 4) is 11.5 Å². The third-order valence-electron chi connectivity index (χ3n) is 6.66. The number of carbonyl (C=O) groups is 1. The molecule has 1 aliphatic carbocycles. The molecule has 2 fully saturated rings. The topological polar surface area (TPSA) is 38.8 Å². The number of nitrogens with zero attached hydrogens (tertiary/aromatic N) is 1. The Balaban J connectivity index is 1.45. The summed E-state index contributed by atoms with van der Waals surface area (Å²) in [5, 5.41) is 0. The Kier molecular flexibility index (Phi) is 6.27. The highest BCUT2D eigenvalue weighted by Crippen LogP contribution is 2.37. The molecule has 2 aliphatic rings. The maximum absolute atomic E-state index is 12.7. The van der Waals surface area contributed by atoms with Crippen LogP contribution in [0, 0.1) is 0 Å². The first-order valence-corrected chi connectivity index (χ1v) is 11.6. The molecule has 0 spiro atoms. The summed E-state index contributed by atoms with van der Waals surface area (Å²) in [5.41, 5.74) is 3.80. The molecule has 4 heteroatoms. The van der Waals surface area contributed by atoms with Crippen LogP contribution in [0.5, 0.6) is 11.5 Å². The van der Waals surface area contributed by atoms with Gasteiger partial charge in [0.15, 0.2) is 11.5 Å². The van der Waals surface area contributed by atoms with E-state index in [1.54, 1.807) is 7.11 Å². The number of carbonyl (C=O) groups excluding carboxylic acids is 1. The summed E-state index contributed by atoms with van der Waals surface area (Å²) in [5.74, 6) is 2.00. The van der Waals surface area contributed by atoms with Crippen LogP contribution in [0.2, 0.25) is 0 Å². The monoisotopic (exact) mass is 421 g/mol. The van der Waals surface area contributed by atoms with Crippen molar-refractivity contribution in [2.75, 3.05) is 13.7 Å². The number of rotatable bonds is 6. The van der Waals surface area contributed by atoms with E-state index in [0.29, 0.717) is 13.0 Å². The second-order valence-electron chi connectivity index (χ2n) is 10.1. The Hall–Kier alpha value is -2.49. The molecule has 0 unspecified atom stereocenters. The van der Waals surface area contributed by atoms with E-state index in [2.05, 4.69) is 57.2 Å². The molecule has 1 amide bonds. The normalized spacial score (nSPS) is 19.8. The van der Waals surface area contributed by atoms with E-state index in [1.165, 1.54) is 24.0 Å². The lowest BCUT2D eigenvalue weighted by molar-refractivity contribution is -0.128. The Labute approximate surface area is 186 Å². The number of amides is 1. The van der Waals surface area contributed by atoms with Gasteiger partial charge in [-0.05, 0) is 59.9 Å². The lowest BCUT2D eigenvalue weighted by atomic mass is 9.87. The molecule has 4 rings (SSSR count). The number of likely N-dealkylation sites (tertiary alicyclic amines) is 1. The standard InChI is InChI=1S/C27H35NO3/c1-27(2,3)22-12-9-19(10-13-22)17-28-18-21(16-26(28)29)20-11-14-24(30-4)25(15-20)31-23-7-5-6-8-23/h9-15,21,23H,5-8,16-18H2,1-4H3/t21-/m0/s1. The molecule has 2 aromatic rings. The zero-order valence-corrected chi connectivity index (χ0v) is 19.3. The zero-order chi connectivity index (χ0) is 22.0. The van der Waals surface area contributed by atoms with Gasteiger partial charge in [-0.15, -0.1) is 0 Å². The van der Waals surface area contributed by atoms with Crippen LogP contribution in [0.3, 0.4) is 0 Å². The van der Waals surface area contributed by atoms with Crippen LogP contribution in [0.25, 0.3) is 0 Å². The molecule has 1 aliphatic heterocycles. The number of ether oxygens (including phenoxy) is 2. The summed E-state index contributed by atoms with van der Waals surface area (Å²) in [6.07, 6.45) is 5.51. The van der Waals surface area contributed by atoms with Crippen molar-refractivity contribution in [3.05, 3.63) is 59.2 Å². The summed E-state index contributed by atoms with van der Waals surface area (Å²) in [4.78, 5) is 14.7. The van der Waals surface area contributed by atoms with Crippen molar-refractivity contribution in [3.63, 3.8) is 0 Å². The maximum Gasteiger partial charge on any atom is 0.223 e. The van der Waals surface area contributed by atoms with E-state index in [9.17, 15) is 4.79 Å². The van der Waals surface area contributed by atoms with Crippen LogP contribution in [-0.4, -0.2) is 30.6 Å². The summed E-state index contributed by atoms with van der Waals surface area (Å²) in [6.45, 7) is 8.07. The second kappa shape index (κ2) is 8.94. The van der Waals surface area contributed by atoms with Crippen LogP contribution in [-0.2, 0) is 16.8 Å². The summed E-state index contributed by atoms with van der Waals surface area (Å²) < 4.78 is 11.8. The first kappa shape index (κ1) is 21.7. The summed E-state index contributed by atoms with van der Waals surface area (Å²) >= 11 is 0. The Morgan fingerprint density at radius 3 is 2.35 bits per heavy atom. The van der Waals surface area contributed by atoms with Crippen molar-refractivity contribution < 1.29 is 14.3 Å². The summed E-state index contributed by atoms with van der Waals surface area (Å²) in [6, 6.07) is 14.8. The average molecular weight is 422 g/mol. The van der Waals surface area contributed by atoms with Gasteiger partial charge in [0.1, 0.15) is 0 Å². The summed E-state index contributed by atoms with van der Waals surface area (Å²) in [7, 11) is 1.68. The third-order valence-corrected chi connectivity index (χ3v) is 6.66. The van der Waals surface area contributed by atoms with E-state index in [1.807, 2.05) is 11.0 Å². The Morgan fingerprint density at radius 1 is 1.00 bits per heavy atom. The molecule has 2 aromatic carbocycles. The van der Waals surface area contributed by atoms with Gasteiger partial charge in [-0.1, -0.05) is 51.1 Å². The van der Waals surface area contributed by atoms with Gasteiger partial charge in [0.25, 0.3) is 0 Å². The minimum Gasteiger partial charge on any atom is -0.493 e. The van der Waals surface area contributed by atoms with Crippen molar-refractivity contribution in [1.29, 1.82) is 0 Å². The molecular weight excluding hydrogens is 386 g/mol. The molecule has 0 aromatic heterocycles. The van der Waals surface area contributed by atoms with Crippen molar-refractivity contribution in [1.82, 2.24) is 4.90 Å². The van der Waals surface area contributed by atoms with Crippen LogP contribution in [0.4, 0.5) is 0 Å². The number of hydrogen-bond donors (Lipinski definition) is 0. The fourth-order valence-electron chi connectivity index (χ4n) is 4.70. The van der Waals surface area contributed by atoms with Crippen LogP contribution >= 0.6 is 0 Å². The lowest BCUT2D eigenvalue weighted by Gasteiger charge is -2.21. The van der Waals surface area contributed by atoms with Gasteiger partial charge in [-0.2, -0.15) is 0 Å². The largest absolute Gasteiger partial charge is 0.493 e. The number of hydrogen-bond acceptors (Lipinski definition) is 3. The minimum absolute atomic E-state index is 0.139. The molecule has 0 radical (unpaired) electrons. The smallest absolute Gasteiger partial charge is 0.223 e. The van der Waals surface area contributed by atoms with E-state index >= 15 is 0 Å². The van der Waals surface area contributed by atoms with Crippen molar-refractivity contribution in [2.45, 2.75) is 76.9 Å². The van der Waals surface area contributed by atoms with Crippen LogP contribution in [0.1, 0.15) is 75.5 Å². The van der Waals surface area contributed by atoms with Gasteiger partial charge in [0.05, 0.1) is 13.2 Å². The zero-order valence-electron chi connectivity index (χ0n) is 19.3. The Morgan fingerprint density at radius 2 is 1.71 bits per heavy atom. The molecule has 1 saturated carbocycles. The van der Waals surface area contributed by atoms with Gasteiger partial charge in [0, 0.05) is 25.4 Å². The molecule has 1 atom stereocenters. The second-order valence-corrected chi connectivity index (χ2v) is 10.1. The predicted molar refractivity (Wildman–Crippen MR) is 124 cm³/mol. The fourth-order valence-corrected chi connectivity index (χ4v) is 4.70. The number of benzene rings is 2. The Bertz CT molecular complexity index is 907. The maximum atomic E-state index is 12.7. The molecular formula is C27H35NO3. The molecule has 0 bridgehead atoms.